The maximum atomic E-state index is 11.4. The maximum Gasteiger partial charge on any atom is 0.241 e. The number of nitrogens with one attached hydrogen (secondary N) is 1. The van der Waals surface area contributed by atoms with E-state index in [1.54, 1.807) is 10.9 Å². The van der Waals surface area contributed by atoms with Crippen molar-refractivity contribution < 1.29 is 4.79 Å². The Kier molecular flexibility index (Phi) is 2.89. The van der Waals surface area contributed by atoms with Crippen molar-refractivity contribution in [1.82, 2.24) is 15.1 Å². The first kappa shape index (κ1) is 10.0. The van der Waals surface area contributed by atoms with Crippen LogP contribution in [0.1, 0.15) is 19.3 Å². The van der Waals surface area contributed by atoms with Gasteiger partial charge < -0.3 is 11.1 Å². The zero-order valence-electron chi connectivity index (χ0n) is 8.65. The molecule has 1 fully saturated rings. The Labute approximate surface area is 88.6 Å². The van der Waals surface area contributed by atoms with Crippen molar-refractivity contribution in [2.24, 2.45) is 5.92 Å². The van der Waals surface area contributed by atoms with Crippen molar-refractivity contribution in [3.05, 3.63) is 12.4 Å². The summed E-state index contributed by atoms with van der Waals surface area (Å²) < 4.78 is 1.54. The van der Waals surface area contributed by atoms with Crippen molar-refractivity contribution in [1.29, 1.82) is 0 Å². The minimum atomic E-state index is -0.00116. The molecule has 0 spiro atoms. The zero-order chi connectivity index (χ0) is 10.7. The molecule has 1 aliphatic rings. The van der Waals surface area contributed by atoms with Crippen LogP contribution in [0.15, 0.2) is 12.4 Å². The molecule has 2 rings (SSSR count). The Morgan fingerprint density at radius 2 is 2.47 bits per heavy atom. The predicted octanol–water partition coefficient (Wildman–Crippen LogP) is 0.382. The largest absolute Gasteiger partial charge is 0.396 e. The molecule has 1 heterocycles. The first-order valence-electron chi connectivity index (χ1n) is 5.28. The molecule has 0 atom stereocenters. The quantitative estimate of drug-likeness (QED) is 0.734. The van der Waals surface area contributed by atoms with E-state index >= 15 is 0 Å². The molecule has 0 unspecified atom stereocenters. The van der Waals surface area contributed by atoms with Gasteiger partial charge in [0.2, 0.25) is 5.91 Å². The molecule has 5 heteroatoms. The lowest BCUT2D eigenvalue weighted by molar-refractivity contribution is -0.121. The first-order chi connectivity index (χ1) is 7.24. The van der Waals surface area contributed by atoms with Gasteiger partial charge in [0.15, 0.2) is 0 Å². The SMILES string of the molecule is Nc1cnn(CC(=O)NCCC2CC2)c1. The number of hydrogen-bond acceptors (Lipinski definition) is 3. The molecule has 1 aromatic rings. The number of carbonyl (C=O) groups is 1. The highest BCUT2D eigenvalue weighted by Gasteiger charge is 2.20. The number of nitrogen functional groups attached to an aromatic ring is 1. The predicted molar refractivity (Wildman–Crippen MR) is 57.0 cm³/mol. The van der Waals surface area contributed by atoms with E-state index in [9.17, 15) is 4.79 Å². The molecule has 0 saturated heterocycles. The van der Waals surface area contributed by atoms with Gasteiger partial charge in [-0.05, 0) is 12.3 Å². The van der Waals surface area contributed by atoms with Crippen molar-refractivity contribution in [2.45, 2.75) is 25.8 Å². The number of hydrogen-bond donors (Lipinski definition) is 2. The first-order valence-corrected chi connectivity index (χ1v) is 5.28. The lowest BCUT2D eigenvalue weighted by Gasteiger charge is -2.04. The molecule has 0 bridgehead atoms. The normalized spacial score (nSPS) is 15.2. The van der Waals surface area contributed by atoms with Gasteiger partial charge in [0.1, 0.15) is 6.54 Å². The van der Waals surface area contributed by atoms with Crippen molar-refractivity contribution in [2.75, 3.05) is 12.3 Å². The molecular formula is C10H16N4O. The summed E-state index contributed by atoms with van der Waals surface area (Å²) in [5.41, 5.74) is 6.07. The number of nitrogens with two attached hydrogens (primary N) is 1. The Bertz CT molecular complexity index is 343. The van der Waals surface area contributed by atoms with Crippen LogP contribution < -0.4 is 11.1 Å². The van der Waals surface area contributed by atoms with Gasteiger partial charge >= 0.3 is 0 Å². The fraction of sp³-hybridized carbons (Fsp3) is 0.600. The van der Waals surface area contributed by atoms with Crippen LogP contribution in [0, 0.1) is 5.92 Å². The summed E-state index contributed by atoms with van der Waals surface area (Å²) in [4.78, 5) is 11.4. The zero-order valence-corrected chi connectivity index (χ0v) is 8.65. The number of nitrogens with zero attached hydrogens (tertiary/aromatic N) is 2. The molecule has 1 aromatic heterocycles. The van der Waals surface area contributed by atoms with Crippen LogP contribution in [-0.4, -0.2) is 22.2 Å². The molecule has 1 saturated carbocycles. The van der Waals surface area contributed by atoms with Crippen molar-refractivity contribution in [3.63, 3.8) is 0 Å². The van der Waals surface area contributed by atoms with Gasteiger partial charge in [-0.15, -0.1) is 0 Å². The van der Waals surface area contributed by atoms with E-state index in [1.165, 1.54) is 19.0 Å². The third kappa shape index (κ3) is 3.27. The average Bonchev–Trinajstić information content (AvgIpc) is 2.91. The molecule has 0 aliphatic heterocycles. The second-order valence-corrected chi connectivity index (χ2v) is 4.05. The standard InChI is InChI=1S/C10H16N4O/c11-9-5-13-14(6-9)7-10(15)12-4-3-8-1-2-8/h5-6,8H,1-4,7,11H2,(H,12,15). The minimum absolute atomic E-state index is 0.00116. The van der Waals surface area contributed by atoms with Crippen LogP contribution >= 0.6 is 0 Å². The third-order valence-corrected chi connectivity index (χ3v) is 2.53. The summed E-state index contributed by atoms with van der Waals surface area (Å²) >= 11 is 0. The van der Waals surface area contributed by atoms with Crippen LogP contribution in [0.25, 0.3) is 0 Å². The van der Waals surface area contributed by atoms with E-state index in [0.717, 1.165) is 18.9 Å². The maximum absolute atomic E-state index is 11.4. The topological polar surface area (TPSA) is 72.9 Å². The number of carbonyl (C=O) groups excluding carboxylic acids is 1. The van der Waals surface area contributed by atoms with E-state index in [2.05, 4.69) is 10.4 Å². The number of anilines is 1. The minimum Gasteiger partial charge on any atom is -0.396 e. The Morgan fingerprint density at radius 3 is 3.07 bits per heavy atom. The summed E-state index contributed by atoms with van der Waals surface area (Å²) in [5, 5.41) is 6.81. The summed E-state index contributed by atoms with van der Waals surface area (Å²) in [6.07, 6.45) is 6.95. The fourth-order valence-electron chi connectivity index (χ4n) is 1.49. The molecule has 0 aromatic carbocycles. The van der Waals surface area contributed by atoms with Crippen molar-refractivity contribution >= 4 is 11.6 Å². The molecule has 0 radical (unpaired) electrons. The van der Waals surface area contributed by atoms with Gasteiger partial charge in [-0.2, -0.15) is 5.10 Å². The monoisotopic (exact) mass is 208 g/mol. The molecule has 1 aliphatic carbocycles. The van der Waals surface area contributed by atoms with E-state index in [4.69, 9.17) is 5.73 Å². The van der Waals surface area contributed by atoms with Crippen LogP contribution in [0.4, 0.5) is 5.69 Å². The highest BCUT2D eigenvalue weighted by Crippen LogP contribution is 2.31. The fourth-order valence-corrected chi connectivity index (χ4v) is 1.49. The molecule has 82 valence electrons. The van der Waals surface area contributed by atoms with Crippen LogP contribution in [0.2, 0.25) is 0 Å². The summed E-state index contributed by atoms with van der Waals surface area (Å²) in [5.74, 6) is 0.851. The Balaban J connectivity index is 1.67. The molecule has 1 amide bonds. The van der Waals surface area contributed by atoms with E-state index in [0.29, 0.717) is 5.69 Å². The van der Waals surface area contributed by atoms with Gasteiger partial charge in [0.25, 0.3) is 0 Å². The number of aromatic nitrogens is 2. The molecule has 3 N–H and O–H groups in total. The Morgan fingerprint density at radius 1 is 1.67 bits per heavy atom. The van der Waals surface area contributed by atoms with E-state index in [-0.39, 0.29) is 12.5 Å². The lowest BCUT2D eigenvalue weighted by atomic mass is 10.3. The Hall–Kier alpha value is -1.52. The van der Waals surface area contributed by atoms with Gasteiger partial charge in [0.05, 0.1) is 11.9 Å². The smallest absolute Gasteiger partial charge is 0.241 e. The molecule has 15 heavy (non-hydrogen) atoms. The van der Waals surface area contributed by atoms with E-state index < -0.39 is 0 Å². The van der Waals surface area contributed by atoms with E-state index in [1.807, 2.05) is 0 Å². The second kappa shape index (κ2) is 4.33. The molecular weight excluding hydrogens is 192 g/mol. The lowest BCUT2D eigenvalue weighted by Crippen LogP contribution is -2.28. The van der Waals surface area contributed by atoms with Crippen molar-refractivity contribution in [3.8, 4) is 0 Å². The molecule has 5 nitrogen and oxygen atoms in total. The average molecular weight is 208 g/mol. The van der Waals surface area contributed by atoms with Crippen LogP contribution in [-0.2, 0) is 11.3 Å². The van der Waals surface area contributed by atoms with Gasteiger partial charge in [0, 0.05) is 12.7 Å². The third-order valence-electron chi connectivity index (χ3n) is 2.53. The number of amides is 1. The highest BCUT2D eigenvalue weighted by atomic mass is 16.2. The van der Waals surface area contributed by atoms with Gasteiger partial charge in [-0.1, -0.05) is 12.8 Å². The number of rotatable bonds is 5. The summed E-state index contributed by atoms with van der Waals surface area (Å²) in [7, 11) is 0. The second-order valence-electron chi connectivity index (χ2n) is 4.05. The highest BCUT2D eigenvalue weighted by molar-refractivity contribution is 5.75. The summed E-state index contributed by atoms with van der Waals surface area (Å²) in [6, 6.07) is 0. The van der Waals surface area contributed by atoms with Gasteiger partial charge in [-0.3, -0.25) is 9.48 Å². The van der Waals surface area contributed by atoms with Gasteiger partial charge in [-0.25, -0.2) is 0 Å². The van der Waals surface area contributed by atoms with Crippen LogP contribution in [0.3, 0.4) is 0 Å². The van der Waals surface area contributed by atoms with Crippen LogP contribution in [0.5, 0.6) is 0 Å². The summed E-state index contributed by atoms with van der Waals surface area (Å²) in [6.45, 7) is 1.03.